The van der Waals surface area contributed by atoms with Crippen molar-refractivity contribution >= 4 is 14.6 Å². The maximum absolute atomic E-state index is 12.3. The predicted octanol–water partition coefficient (Wildman–Crippen LogP) is 2.38. The van der Waals surface area contributed by atoms with Crippen LogP contribution in [0.25, 0.3) is 0 Å². The van der Waals surface area contributed by atoms with Crippen LogP contribution < -0.4 is 0 Å². The van der Waals surface area contributed by atoms with Gasteiger partial charge in [0.05, 0.1) is 0 Å². The summed E-state index contributed by atoms with van der Waals surface area (Å²) in [5.41, 5.74) is 0. The van der Waals surface area contributed by atoms with E-state index in [4.69, 9.17) is 0 Å². The molecule has 0 unspecified atom stereocenters. The highest BCUT2D eigenvalue weighted by molar-refractivity contribution is 6.50. The standard InChI is InChI=1S/C3H7.C2H5.Al.FH/c1-3-2;1-2;;/h1,3H2,2H3;1H2,2H3;;1H/q;;+1;/p-1. The molecule has 0 aliphatic rings. The van der Waals surface area contributed by atoms with Crippen LogP contribution in [0.3, 0.4) is 0 Å². The highest BCUT2D eigenvalue weighted by Crippen LogP contribution is 2.01. The molecular formula is C5H12AlF. The minimum absolute atomic E-state index is 0.813. The Labute approximate surface area is 49.6 Å². The molecular weight excluding hydrogens is 106 g/mol. The van der Waals surface area contributed by atoms with Gasteiger partial charge in [0.15, 0.2) is 0 Å². The van der Waals surface area contributed by atoms with Gasteiger partial charge >= 0.3 is 14.6 Å². The first-order valence-electron chi connectivity index (χ1n) is 2.95. The highest BCUT2D eigenvalue weighted by atomic mass is 27.2. The number of rotatable bonds is 3. The maximum atomic E-state index is 12.3. The largest absolute Gasteiger partial charge is 0.516 e. The zero-order valence-corrected chi connectivity index (χ0v) is 6.23. The molecule has 0 spiro atoms. The van der Waals surface area contributed by atoms with Gasteiger partial charge in [0.1, 0.15) is 0 Å². The Hall–Kier alpha value is 0.462. The van der Waals surface area contributed by atoms with Gasteiger partial charge in [0, 0.05) is 0 Å². The molecule has 0 rings (SSSR count). The third-order valence-corrected chi connectivity index (χ3v) is 3.13. The van der Waals surface area contributed by atoms with Crippen LogP contribution in [0, 0.1) is 0 Å². The van der Waals surface area contributed by atoms with Crippen LogP contribution in [0.15, 0.2) is 0 Å². The van der Waals surface area contributed by atoms with E-state index in [-0.39, 0.29) is 0 Å². The first kappa shape index (κ1) is 7.46. The summed E-state index contributed by atoms with van der Waals surface area (Å²) in [6, 6.07) is 0. The lowest BCUT2D eigenvalue weighted by Crippen LogP contribution is -1.99. The average molecular weight is 118 g/mol. The van der Waals surface area contributed by atoms with E-state index in [9.17, 15) is 3.52 Å². The Morgan fingerprint density at radius 3 is 2.14 bits per heavy atom. The zero-order valence-electron chi connectivity index (χ0n) is 5.08. The Kier molecular flexibility index (Phi) is 4.92. The zero-order chi connectivity index (χ0) is 5.70. The van der Waals surface area contributed by atoms with Gasteiger partial charge in [-0.05, 0) is 0 Å². The van der Waals surface area contributed by atoms with Crippen molar-refractivity contribution in [3.8, 4) is 0 Å². The van der Waals surface area contributed by atoms with E-state index in [1.165, 1.54) is 0 Å². The molecule has 0 aromatic carbocycles. The number of hydrogen-bond acceptors (Lipinski definition) is 0. The monoisotopic (exact) mass is 118 g/mol. The normalized spacial score (nSPS) is 9.00. The fourth-order valence-corrected chi connectivity index (χ4v) is 1.55. The summed E-state index contributed by atoms with van der Waals surface area (Å²) >= 11 is -1.68. The van der Waals surface area contributed by atoms with Crippen LogP contribution >= 0.6 is 0 Å². The minimum Gasteiger partial charge on any atom is -0.418 e. The Balaban J connectivity index is 2.83. The van der Waals surface area contributed by atoms with Gasteiger partial charge in [-0.2, -0.15) is 0 Å². The summed E-state index contributed by atoms with van der Waals surface area (Å²) in [5, 5.41) is 1.68. The fourth-order valence-electron chi connectivity index (χ4n) is 0.517. The van der Waals surface area contributed by atoms with Gasteiger partial charge in [-0.25, -0.2) is 0 Å². The first-order chi connectivity index (χ1) is 3.31. The van der Waals surface area contributed by atoms with Crippen LogP contribution in [-0.4, -0.2) is 14.6 Å². The summed E-state index contributed by atoms with van der Waals surface area (Å²) in [4.78, 5) is 0. The smallest absolute Gasteiger partial charge is 0.418 e. The molecule has 0 aliphatic carbocycles. The summed E-state index contributed by atoms with van der Waals surface area (Å²) in [5.74, 6) is 0. The van der Waals surface area contributed by atoms with Crippen LogP contribution in [0.1, 0.15) is 20.3 Å². The molecule has 0 heterocycles. The minimum atomic E-state index is -1.68. The van der Waals surface area contributed by atoms with Crippen LogP contribution in [0.5, 0.6) is 0 Å². The molecule has 0 radical (unpaired) electrons. The molecule has 7 heavy (non-hydrogen) atoms. The molecule has 0 saturated heterocycles. The van der Waals surface area contributed by atoms with Gasteiger partial charge in [-0.1, -0.05) is 30.8 Å². The number of hydrogen-bond donors (Lipinski definition) is 0. The van der Waals surface area contributed by atoms with Crippen LogP contribution in [0.2, 0.25) is 10.6 Å². The highest BCUT2D eigenvalue weighted by Gasteiger charge is 2.12. The van der Waals surface area contributed by atoms with E-state index >= 15 is 0 Å². The molecule has 2 heteroatoms. The second-order valence-corrected chi connectivity index (χ2v) is 4.38. The molecule has 0 saturated carbocycles. The Morgan fingerprint density at radius 2 is 2.00 bits per heavy atom. The van der Waals surface area contributed by atoms with Crippen molar-refractivity contribution in [1.29, 1.82) is 0 Å². The topological polar surface area (TPSA) is 0 Å². The first-order valence-corrected chi connectivity index (χ1v) is 5.02. The van der Waals surface area contributed by atoms with Crippen molar-refractivity contribution in [3.05, 3.63) is 0 Å². The van der Waals surface area contributed by atoms with Crippen molar-refractivity contribution in [2.45, 2.75) is 30.8 Å². The molecule has 0 N–H and O–H groups in total. The van der Waals surface area contributed by atoms with E-state index in [1.807, 2.05) is 13.8 Å². The third kappa shape index (κ3) is 4.31. The maximum Gasteiger partial charge on any atom is 0.516 e. The SMILES string of the molecule is CC[CH2][Al]([F])[CH2]C. The van der Waals surface area contributed by atoms with Gasteiger partial charge in [-0.3, -0.25) is 0 Å². The second-order valence-electron chi connectivity index (χ2n) is 1.79. The van der Waals surface area contributed by atoms with Crippen molar-refractivity contribution in [2.24, 2.45) is 0 Å². The van der Waals surface area contributed by atoms with E-state index in [2.05, 4.69) is 0 Å². The van der Waals surface area contributed by atoms with Crippen molar-refractivity contribution < 1.29 is 3.52 Å². The summed E-state index contributed by atoms with van der Waals surface area (Å²) in [6.07, 6.45) is 1.03. The third-order valence-electron chi connectivity index (χ3n) is 1.04. The lowest BCUT2D eigenvalue weighted by atomic mass is 10.6. The molecule has 0 amide bonds. The predicted molar refractivity (Wildman–Crippen MR) is 32.4 cm³/mol. The van der Waals surface area contributed by atoms with Gasteiger partial charge in [0.25, 0.3) is 0 Å². The lowest BCUT2D eigenvalue weighted by molar-refractivity contribution is 0.796. The molecule has 0 aromatic rings. The van der Waals surface area contributed by atoms with E-state index in [1.54, 1.807) is 0 Å². The fraction of sp³-hybridized carbons (Fsp3) is 1.00. The summed E-state index contributed by atoms with van der Waals surface area (Å²) < 4.78 is 12.3. The molecule has 0 aliphatic heterocycles. The van der Waals surface area contributed by atoms with Crippen molar-refractivity contribution in [1.82, 2.24) is 0 Å². The van der Waals surface area contributed by atoms with E-state index in [0.717, 1.165) is 17.0 Å². The Morgan fingerprint density at radius 1 is 1.43 bits per heavy atom. The Bertz CT molecular complexity index is 39.1. The summed E-state index contributed by atoms with van der Waals surface area (Å²) in [7, 11) is 0. The van der Waals surface area contributed by atoms with Gasteiger partial charge in [0.2, 0.25) is 0 Å². The molecule has 0 fully saturated rings. The molecule has 0 atom stereocenters. The van der Waals surface area contributed by atoms with Gasteiger partial charge in [-0.15, -0.1) is 0 Å². The van der Waals surface area contributed by atoms with Crippen molar-refractivity contribution in [3.63, 3.8) is 0 Å². The quantitative estimate of drug-likeness (QED) is 0.499. The van der Waals surface area contributed by atoms with Gasteiger partial charge < -0.3 is 3.52 Å². The number of halogens is 1. The van der Waals surface area contributed by atoms with E-state index < -0.39 is 14.6 Å². The van der Waals surface area contributed by atoms with E-state index in [0.29, 0.717) is 0 Å². The molecule has 0 aromatic heterocycles. The average Bonchev–Trinajstić information content (AvgIpc) is 1.68. The summed E-state index contributed by atoms with van der Waals surface area (Å²) in [6.45, 7) is 3.97. The van der Waals surface area contributed by atoms with Crippen LogP contribution in [0.4, 0.5) is 3.52 Å². The van der Waals surface area contributed by atoms with Crippen LogP contribution in [-0.2, 0) is 0 Å². The molecule has 0 bridgehead atoms. The second kappa shape index (κ2) is 4.62. The molecule has 42 valence electrons. The lowest BCUT2D eigenvalue weighted by Gasteiger charge is -1.89. The molecule has 0 nitrogen and oxygen atoms in total. The van der Waals surface area contributed by atoms with Crippen molar-refractivity contribution in [2.75, 3.05) is 0 Å².